The molecule has 4 heteroatoms. The second-order valence-corrected chi connectivity index (χ2v) is 4.83. The van der Waals surface area contributed by atoms with E-state index in [-0.39, 0.29) is 0 Å². The van der Waals surface area contributed by atoms with Gasteiger partial charge in [0.15, 0.2) is 0 Å². The first-order valence-electron chi connectivity index (χ1n) is 6.65. The maximum atomic E-state index is 5.65. The Hall–Kier alpha value is -2.88. The van der Waals surface area contributed by atoms with Gasteiger partial charge in [0.1, 0.15) is 0 Å². The van der Waals surface area contributed by atoms with Crippen molar-refractivity contribution in [2.45, 2.75) is 6.92 Å². The van der Waals surface area contributed by atoms with Gasteiger partial charge < -0.3 is 10.3 Å². The summed E-state index contributed by atoms with van der Waals surface area (Å²) < 4.78 is 5.23. The first-order chi connectivity index (χ1) is 10.2. The van der Waals surface area contributed by atoms with Crippen LogP contribution in [0.4, 0.5) is 5.69 Å². The van der Waals surface area contributed by atoms with Gasteiger partial charge in [-0.3, -0.25) is 0 Å². The lowest BCUT2D eigenvalue weighted by molar-refractivity contribution is 0.411. The second-order valence-electron chi connectivity index (χ2n) is 4.83. The molecule has 0 amide bonds. The molecule has 1 aromatic heterocycles. The van der Waals surface area contributed by atoms with E-state index in [2.05, 4.69) is 10.1 Å². The summed E-state index contributed by atoms with van der Waals surface area (Å²) in [5, 5.41) is 4.00. The minimum Gasteiger partial charge on any atom is -0.399 e. The van der Waals surface area contributed by atoms with Crippen LogP contribution >= 0.6 is 0 Å². The number of hydrogen-bond donors (Lipinski definition) is 1. The van der Waals surface area contributed by atoms with Crippen molar-refractivity contribution in [3.63, 3.8) is 0 Å². The first-order valence-corrected chi connectivity index (χ1v) is 6.65. The number of rotatable bonds is 3. The van der Waals surface area contributed by atoms with Gasteiger partial charge in [-0.2, -0.15) is 4.98 Å². The molecule has 2 N–H and O–H groups in total. The Labute approximate surface area is 122 Å². The highest BCUT2D eigenvalue weighted by Crippen LogP contribution is 2.18. The number of aromatic nitrogens is 2. The normalized spacial score (nSPS) is 11.1. The lowest BCUT2D eigenvalue weighted by Gasteiger charge is -1.95. The van der Waals surface area contributed by atoms with Crippen molar-refractivity contribution in [1.82, 2.24) is 10.1 Å². The average molecular weight is 277 g/mol. The van der Waals surface area contributed by atoms with E-state index in [1.165, 1.54) is 0 Å². The summed E-state index contributed by atoms with van der Waals surface area (Å²) in [4.78, 5) is 4.36. The summed E-state index contributed by atoms with van der Waals surface area (Å²) in [6, 6.07) is 15.6. The monoisotopic (exact) mass is 277 g/mol. The zero-order chi connectivity index (χ0) is 14.7. The van der Waals surface area contributed by atoms with E-state index < -0.39 is 0 Å². The first kappa shape index (κ1) is 13.1. The van der Waals surface area contributed by atoms with Gasteiger partial charge in [0.25, 0.3) is 5.89 Å². The molecule has 0 unspecified atom stereocenters. The van der Waals surface area contributed by atoms with Crippen LogP contribution in [0.3, 0.4) is 0 Å². The van der Waals surface area contributed by atoms with Crippen molar-refractivity contribution < 1.29 is 4.52 Å². The van der Waals surface area contributed by atoms with Crippen LogP contribution in [0, 0.1) is 6.92 Å². The maximum absolute atomic E-state index is 5.65. The van der Waals surface area contributed by atoms with Crippen LogP contribution < -0.4 is 5.73 Å². The van der Waals surface area contributed by atoms with Crippen molar-refractivity contribution in [2.24, 2.45) is 0 Å². The van der Waals surface area contributed by atoms with Gasteiger partial charge in [-0.1, -0.05) is 41.1 Å². The quantitative estimate of drug-likeness (QED) is 0.739. The Bertz CT molecular complexity index is 773. The standard InChI is InChI=1S/C17H15N3O/c1-12-3-2-4-14(11-12)17-19-16(21-20-17)10-7-13-5-8-15(18)9-6-13/h2-11H,18H2,1H3/b10-7+. The minimum atomic E-state index is 0.475. The largest absolute Gasteiger partial charge is 0.399 e. The third kappa shape index (κ3) is 3.17. The molecule has 3 rings (SSSR count). The molecular formula is C17H15N3O. The lowest BCUT2D eigenvalue weighted by atomic mass is 10.1. The molecule has 0 aliphatic carbocycles. The molecule has 4 nitrogen and oxygen atoms in total. The van der Waals surface area contributed by atoms with E-state index in [9.17, 15) is 0 Å². The molecule has 0 aliphatic rings. The second kappa shape index (κ2) is 5.63. The highest BCUT2D eigenvalue weighted by Gasteiger charge is 2.06. The molecular weight excluding hydrogens is 262 g/mol. The third-order valence-electron chi connectivity index (χ3n) is 3.07. The van der Waals surface area contributed by atoms with Crippen molar-refractivity contribution in [3.05, 3.63) is 65.5 Å². The van der Waals surface area contributed by atoms with Gasteiger partial charge in [0, 0.05) is 17.3 Å². The zero-order valence-corrected chi connectivity index (χ0v) is 11.7. The van der Waals surface area contributed by atoms with Crippen molar-refractivity contribution in [3.8, 4) is 11.4 Å². The van der Waals surface area contributed by atoms with Gasteiger partial charge in [0.05, 0.1) is 0 Å². The summed E-state index contributed by atoms with van der Waals surface area (Å²) in [5.41, 5.74) is 9.53. The fourth-order valence-corrected chi connectivity index (χ4v) is 1.98. The van der Waals surface area contributed by atoms with Crippen LogP contribution in [-0.4, -0.2) is 10.1 Å². The van der Waals surface area contributed by atoms with Crippen molar-refractivity contribution in [1.29, 1.82) is 0 Å². The highest BCUT2D eigenvalue weighted by molar-refractivity contribution is 5.67. The number of aryl methyl sites for hydroxylation is 1. The van der Waals surface area contributed by atoms with Crippen LogP contribution in [0.15, 0.2) is 53.1 Å². The van der Waals surface area contributed by atoms with E-state index in [4.69, 9.17) is 10.3 Å². The molecule has 2 aromatic carbocycles. The Morgan fingerprint density at radius 2 is 1.86 bits per heavy atom. The van der Waals surface area contributed by atoms with E-state index in [0.717, 1.165) is 22.4 Å². The minimum absolute atomic E-state index is 0.475. The van der Waals surface area contributed by atoms with Gasteiger partial charge in [-0.25, -0.2) is 0 Å². The van der Waals surface area contributed by atoms with Crippen LogP contribution in [0.25, 0.3) is 23.5 Å². The summed E-state index contributed by atoms with van der Waals surface area (Å²) >= 11 is 0. The molecule has 3 aromatic rings. The lowest BCUT2D eigenvalue weighted by Crippen LogP contribution is -1.83. The Balaban J connectivity index is 1.80. The van der Waals surface area contributed by atoms with Gasteiger partial charge in [0.2, 0.25) is 5.82 Å². The molecule has 0 saturated heterocycles. The predicted molar refractivity (Wildman–Crippen MR) is 84.3 cm³/mol. The molecule has 21 heavy (non-hydrogen) atoms. The third-order valence-corrected chi connectivity index (χ3v) is 3.07. The van der Waals surface area contributed by atoms with Crippen LogP contribution in [0.2, 0.25) is 0 Å². The molecule has 0 atom stereocenters. The van der Waals surface area contributed by atoms with E-state index in [0.29, 0.717) is 11.7 Å². The van der Waals surface area contributed by atoms with Crippen LogP contribution in [0.5, 0.6) is 0 Å². The molecule has 0 radical (unpaired) electrons. The zero-order valence-electron chi connectivity index (χ0n) is 11.7. The van der Waals surface area contributed by atoms with Crippen molar-refractivity contribution >= 4 is 17.8 Å². The summed E-state index contributed by atoms with van der Waals surface area (Å²) in [6.45, 7) is 2.03. The number of nitrogens with zero attached hydrogens (tertiary/aromatic N) is 2. The number of benzene rings is 2. The smallest absolute Gasteiger partial charge is 0.250 e. The van der Waals surface area contributed by atoms with Crippen molar-refractivity contribution in [2.75, 3.05) is 5.73 Å². The molecule has 0 aliphatic heterocycles. The van der Waals surface area contributed by atoms with Crippen LogP contribution in [-0.2, 0) is 0 Å². The Kier molecular flexibility index (Phi) is 3.51. The van der Waals surface area contributed by atoms with Gasteiger partial charge in [-0.15, -0.1) is 0 Å². The number of nitrogen functional groups attached to an aromatic ring is 1. The number of hydrogen-bond acceptors (Lipinski definition) is 4. The average Bonchev–Trinajstić information content (AvgIpc) is 2.96. The maximum Gasteiger partial charge on any atom is 0.250 e. The molecule has 104 valence electrons. The summed E-state index contributed by atoms with van der Waals surface area (Å²) in [5.74, 6) is 1.07. The van der Waals surface area contributed by atoms with E-state index in [1.54, 1.807) is 6.08 Å². The summed E-state index contributed by atoms with van der Waals surface area (Å²) in [7, 11) is 0. The molecule has 0 fully saturated rings. The summed E-state index contributed by atoms with van der Waals surface area (Å²) in [6.07, 6.45) is 3.70. The van der Waals surface area contributed by atoms with E-state index >= 15 is 0 Å². The van der Waals surface area contributed by atoms with E-state index in [1.807, 2.05) is 61.5 Å². The number of nitrogens with two attached hydrogens (primary N) is 1. The Morgan fingerprint density at radius 1 is 1.05 bits per heavy atom. The van der Waals surface area contributed by atoms with Gasteiger partial charge in [-0.05, 0) is 36.8 Å². The van der Waals surface area contributed by atoms with Gasteiger partial charge >= 0.3 is 0 Å². The number of anilines is 1. The molecule has 0 saturated carbocycles. The molecule has 0 spiro atoms. The fraction of sp³-hybridized carbons (Fsp3) is 0.0588. The molecule has 1 heterocycles. The fourth-order valence-electron chi connectivity index (χ4n) is 1.98. The predicted octanol–water partition coefficient (Wildman–Crippen LogP) is 3.80. The molecule has 0 bridgehead atoms. The highest BCUT2D eigenvalue weighted by atomic mass is 16.5. The topological polar surface area (TPSA) is 64.9 Å². The van der Waals surface area contributed by atoms with Crippen LogP contribution in [0.1, 0.15) is 17.0 Å². The Morgan fingerprint density at radius 3 is 2.62 bits per heavy atom. The SMILES string of the molecule is Cc1cccc(-c2noc(/C=C/c3ccc(N)cc3)n2)c1.